The molecule has 1 aliphatic heterocycles. The van der Waals surface area contributed by atoms with E-state index in [0.29, 0.717) is 10.3 Å². The van der Waals surface area contributed by atoms with E-state index in [1.54, 1.807) is 0 Å². The van der Waals surface area contributed by atoms with Gasteiger partial charge in [0, 0.05) is 6.54 Å². The number of ether oxygens (including phenoxy) is 1. The van der Waals surface area contributed by atoms with Crippen molar-refractivity contribution >= 4 is 0 Å². The molecule has 0 atom stereocenters. The maximum Gasteiger partial charge on any atom is 0.367 e. The van der Waals surface area contributed by atoms with Gasteiger partial charge in [0.25, 0.3) is 5.56 Å². The van der Waals surface area contributed by atoms with Crippen molar-refractivity contribution in [2.24, 2.45) is 0 Å². The third kappa shape index (κ3) is 0.905. The van der Waals surface area contributed by atoms with E-state index in [1.165, 1.54) is 6.08 Å². The highest BCUT2D eigenvalue weighted by Gasteiger charge is 2.27. The van der Waals surface area contributed by atoms with E-state index in [2.05, 4.69) is 6.58 Å². The lowest BCUT2D eigenvalue weighted by molar-refractivity contribution is 0.0868. The molecule has 14 heavy (non-hydrogen) atoms. The predicted molar refractivity (Wildman–Crippen MR) is 46.7 cm³/mol. The van der Waals surface area contributed by atoms with Gasteiger partial charge in [-0.1, -0.05) is 10.8 Å². The second kappa shape index (κ2) is 2.76. The van der Waals surface area contributed by atoms with Crippen molar-refractivity contribution in [3.05, 3.63) is 39.1 Å². The molecular weight excluding hydrogens is 188 g/mol. The summed E-state index contributed by atoms with van der Waals surface area (Å²) in [6, 6.07) is 0. The standard InChI is InChI=1S/C8H8N2O4/c1-2-3-9-6(11)5-4-14-7(5)10(13)8(9)12/h2,13H,1,3-4H2. The van der Waals surface area contributed by atoms with Crippen molar-refractivity contribution in [3.8, 4) is 5.88 Å². The van der Waals surface area contributed by atoms with Gasteiger partial charge in [0.2, 0.25) is 5.88 Å². The zero-order valence-corrected chi connectivity index (χ0v) is 7.27. The van der Waals surface area contributed by atoms with Crippen LogP contribution in [0, 0.1) is 0 Å². The molecule has 0 amide bonds. The molecule has 0 spiro atoms. The van der Waals surface area contributed by atoms with Gasteiger partial charge >= 0.3 is 5.69 Å². The maximum atomic E-state index is 11.5. The first-order valence-corrected chi connectivity index (χ1v) is 3.98. The largest absolute Gasteiger partial charge is 0.471 e. The molecule has 0 saturated heterocycles. The highest BCUT2D eigenvalue weighted by molar-refractivity contribution is 5.29. The zero-order valence-electron chi connectivity index (χ0n) is 7.27. The van der Waals surface area contributed by atoms with Crippen LogP contribution >= 0.6 is 0 Å². The van der Waals surface area contributed by atoms with Crippen molar-refractivity contribution in [3.63, 3.8) is 0 Å². The zero-order chi connectivity index (χ0) is 10.3. The summed E-state index contributed by atoms with van der Waals surface area (Å²) in [6.07, 6.45) is 1.41. The molecule has 0 fully saturated rings. The van der Waals surface area contributed by atoms with E-state index in [1.807, 2.05) is 0 Å². The Bertz CT molecular complexity index is 480. The van der Waals surface area contributed by atoms with Crippen LogP contribution in [-0.4, -0.2) is 14.5 Å². The Balaban J connectivity index is 2.78. The minimum absolute atomic E-state index is 0.0553. The number of hydrogen-bond donors (Lipinski definition) is 1. The molecule has 0 bridgehead atoms. The molecule has 2 rings (SSSR count). The number of hydrogen-bond acceptors (Lipinski definition) is 4. The van der Waals surface area contributed by atoms with Crippen LogP contribution in [0.2, 0.25) is 0 Å². The lowest BCUT2D eigenvalue weighted by atomic mass is 10.2. The van der Waals surface area contributed by atoms with Crippen molar-refractivity contribution < 1.29 is 9.94 Å². The van der Waals surface area contributed by atoms with Crippen molar-refractivity contribution in [2.75, 3.05) is 0 Å². The number of aromatic nitrogens is 2. The lowest BCUT2D eigenvalue weighted by Crippen LogP contribution is -2.44. The second-order valence-corrected chi connectivity index (χ2v) is 2.87. The predicted octanol–water partition coefficient (Wildman–Crippen LogP) is -0.674. The number of rotatable bonds is 2. The maximum absolute atomic E-state index is 11.5. The lowest BCUT2D eigenvalue weighted by Gasteiger charge is -2.21. The summed E-state index contributed by atoms with van der Waals surface area (Å²) >= 11 is 0. The van der Waals surface area contributed by atoms with Crippen LogP contribution < -0.4 is 16.0 Å². The van der Waals surface area contributed by atoms with Gasteiger partial charge in [-0.15, -0.1) is 6.58 Å². The van der Waals surface area contributed by atoms with Gasteiger partial charge in [-0.3, -0.25) is 9.36 Å². The summed E-state index contributed by atoms with van der Waals surface area (Å²) < 4.78 is 6.01. The molecule has 0 aromatic carbocycles. The Hall–Kier alpha value is -1.98. The fourth-order valence-corrected chi connectivity index (χ4v) is 1.29. The third-order valence-electron chi connectivity index (χ3n) is 2.03. The Kier molecular flexibility index (Phi) is 1.70. The van der Waals surface area contributed by atoms with Crippen LogP contribution in [0.25, 0.3) is 0 Å². The summed E-state index contributed by atoms with van der Waals surface area (Å²) in [4.78, 5) is 22.8. The highest BCUT2D eigenvalue weighted by atomic mass is 16.6. The third-order valence-corrected chi connectivity index (χ3v) is 2.03. The van der Waals surface area contributed by atoms with Gasteiger partial charge in [0.15, 0.2) is 0 Å². The number of allylic oxidation sites excluding steroid dienone is 1. The molecule has 0 radical (unpaired) electrons. The molecule has 0 unspecified atom stereocenters. The first kappa shape index (κ1) is 8.61. The number of fused-ring (bicyclic) bond motifs is 1. The Morgan fingerprint density at radius 3 is 2.79 bits per heavy atom. The molecule has 1 aromatic rings. The molecule has 0 aliphatic carbocycles. The first-order chi connectivity index (χ1) is 6.66. The van der Waals surface area contributed by atoms with Gasteiger partial charge in [-0.2, -0.15) is 0 Å². The normalized spacial score (nSPS) is 12.6. The minimum Gasteiger partial charge on any atom is -0.471 e. The van der Waals surface area contributed by atoms with Crippen LogP contribution in [-0.2, 0) is 13.2 Å². The Morgan fingerprint density at radius 2 is 2.29 bits per heavy atom. The molecule has 1 N–H and O–H groups in total. The van der Waals surface area contributed by atoms with Gasteiger partial charge < -0.3 is 9.94 Å². The smallest absolute Gasteiger partial charge is 0.367 e. The molecular formula is C8H8N2O4. The Morgan fingerprint density at radius 1 is 1.57 bits per heavy atom. The van der Waals surface area contributed by atoms with Gasteiger partial charge in [0.1, 0.15) is 12.2 Å². The summed E-state index contributed by atoms with van der Waals surface area (Å²) in [6.45, 7) is 3.62. The van der Waals surface area contributed by atoms with Crippen molar-refractivity contribution in [1.29, 1.82) is 0 Å². The quantitative estimate of drug-likeness (QED) is 0.502. The topological polar surface area (TPSA) is 73.5 Å². The van der Waals surface area contributed by atoms with Crippen molar-refractivity contribution in [1.82, 2.24) is 9.30 Å². The molecule has 6 nitrogen and oxygen atoms in total. The molecule has 2 heterocycles. The van der Waals surface area contributed by atoms with E-state index in [9.17, 15) is 14.8 Å². The van der Waals surface area contributed by atoms with Crippen LogP contribution in [0.5, 0.6) is 5.88 Å². The Labute approximate surface area is 78.2 Å². The average molecular weight is 196 g/mol. The van der Waals surface area contributed by atoms with E-state index in [-0.39, 0.29) is 19.0 Å². The van der Waals surface area contributed by atoms with E-state index < -0.39 is 11.2 Å². The van der Waals surface area contributed by atoms with Crippen LogP contribution in [0.3, 0.4) is 0 Å². The van der Waals surface area contributed by atoms with E-state index in [4.69, 9.17) is 4.74 Å². The van der Waals surface area contributed by atoms with Crippen molar-refractivity contribution in [2.45, 2.75) is 13.2 Å². The summed E-state index contributed by atoms with van der Waals surface area (Å²) in [5, 5.41) is 9.26. The van der Waals surface area contributed by atoms with Gasteiger partial charge in [-0.25, -0.2) is 4.79 Å². The van der Waals surface area contributed by atoms with Gasteiger partial charge in [0.05, 0.1) is 0 Å². The molecule has 74 valence electrons. The SMILES string of the molecule is C=CCn1c(=O)c2c(n(O)c1=O)OC2. The molecule has 1 aromatic heterocycles. The number of nitrogens with zero attached hydrogens (tertiary/aromatic N) is 2. The highest BCUT2D eigenvalue weighted by Crippen LogP contribution is 2.21. The van der Waals surface area contributed by atoms with Crippen LogP contribution in [0.1, 0.15) is 5.56 Å². The van der Waals surface area contributed by atoms with Crippen LogP contribution in [0.4, 0.5) is 0 Å². The summed E-state index contributed by atoms with van der Waals surface area (Å²) in [5.74, 6) is -0.0553. The fraction of sp³-hybridized carbons (Fsp3) is 0.250. The van der Waals surface area contributed by atoms with E-state index in [0.717, 1.165) is 4.57 Å². The second-order valence-electron chi connectivity index (χ2n) is 2.87. The fourth-order valence-electron chi connectivity index (χ4n) is 1.29. The monoisotopic (exact) mass is 196 g/mol. The molecule has 6 heteroatoms. The van der Waals surface area contributed by atoms with E-state index >= 15 is 0 Å². The van der Waals surface area contributed by atoms with Crippen LogP contribution in [0.15, 0.2) is 22.2 Å². The van der Waals surface area contributed by atoms with Gasteiger partial charge in [-0.05, 0) is 0 Å². The first-order valence-electron chi connectivity index (χ1n) is 3.98. The molecule has 1 aliphatic rings. The summed E-state index contributed by atoms with van der Waals surface area (Å²) in [5.41, 5.74) is -0.927. The minimum atomic E-state index is -0.812. The summed E-state index contributed by atoms with van der Waals surface area (Å²) in [7, 11) is 0. The average Bonchev–Trinajstić information content (AvgIpc) is 2.09. The molecule has 0 saturated carbocycles.